The fraction of sp³-hybridized carbons (Fsp3) is 0.409. The molecule has 0 bridgehead atoms. The molecule has 1 amide bonds. The molecule has 0 aliphatic heterocycles. The summed E-state index contributed by atoms with van der Waals surface area (Å²) in [5, 5.41) is 3.08. The molecule has 0 fully saturated rings. The number of carbonyl (C=O) groups is 1. The van der Waals surface area contributed by atoms with E-state index in [9.17, 15) is 13.2 Å². The number of carbonyl (C=O) groups excluding carboxylic acids is 1. The highest BCUT2D eigenvalue weighted by Gasteiger charge is 2.29. The molecule has 1 aliphatic carbocycles. The Hall–Kier alpha value is -2.03. The summed E-state index contributed by atoms with van der Waals surface area (Å²) in [6.07, 6.45) is 5.20. The van der Waals surface area contributed by atoms with E-state index in [1.54, 1.807) is 23.9 Å². The van der Waals surface area contributed by atoms with Gasteiger partial charge in [0.15, 0.2) is 0 Å². The van der Waals surface area contributed by atoms with Crippen LogP contribution in [-0.2, 0) is 21.2 Å². The molecular weight excluding hydrogens is 420 g/mol. The topological polar surface area (TPSA) is 84.5 Å². The van der Waals surface area contributed by atoms with Crippen LogP contribution in [0.3, 0.4) is 0 Å². The molecule has 8 heteroatoms. The van der Waals surface area contributed by atoms with Gasteiger partial charge in [0.25, 0.3) is 0 Å². The number of hydrogen-bond donors (Lipinski definition) is 2. The molecule has 0 radical (unpaired) electrons. The fourth-order valence-electron chi connectivity index (χ4n) is 3.67. The van der Waals surface area contributed by atoms with Gasteiger partial charge in [-0.2, -0.15) is 16.5 Å². The second-order valence-corrected chi connectivity index (χ2v) is 9.98. The maximum atomic E-state index is 13.1. The molecule has 0 unspecified atom stereocenters. The first kappa shape index (κ1) is 22.7. The van der Waals surface area contributed by atoms with Crippen molar-refractivity contribution in [2.24, 2.45) is 0 Å². The molecule has 6 nitrogen and oxygen atoms in total. The third kappa shape index (κ3) is 5.56. The Balaban J connectivity index is 1.75. The third-order valence-corrected chi connectivity index (χ3v) is 7.41. The molecule has 0 spiro atoms. The molecule has 162 valence electrons. The molecule has 0 aromatic heterocycles. The number of methoxy groups -OCH3 is 1. The minimum Gasteiger partial charge on any atom is -0.497 e. The van der Waals surface area contributed by atoms with Crippen LogP contribution in [0.1, 0.15) is 36.4 Å². The summed E-state index contributed by atoms with van der Waals surface area (Å²) in [4.78, 5) is 13.2. The number of nitrogens with one attached hydrogen (secondary N) is 2. The molecular formula is C22H28N2O4S2. The van der Waals surface area contributed by atoms with Crippen molar-refractivity contribution in [3.05, 3.63) is 59.7 Å². The Morgan fingerprint density at radius 2 is 1.93 bits per heavy atom. The number of aryl methyl sites for hydroxylation is 1. The second-order valence-electron chi connectivity index (χ2n) is 7.28. The average Bonchev–Trinajstić information content (AvgIpc) is 2.76. The number of amides is 1. The summed E-state index contributed by atoms with van der Waals surface area (Å²) >= 11 is 1.58. The van der Waals surface area contributed by atoms with Crippen molar-refractivity contribution in [2.45, 2.75) is 42.7 Å². The zero-order chi connectivity index (χ0) is 21.6. The van der Waals surface area contributed by atoms with Gasteiger partial charge in [-0.25, -0.2) is 8.42 Å². The third-order valence-electron chi connectivity index (χ3n) is 5.28. The van der Waals surface area contributed by atoms with Crippen molar-refractivity contribution in [3.63, 3.8) is 0 Å². The summed E-state index contributed by atoms with van der Waals surface area (Å²) in [5.41, 5.74) is 2.37. The summed E-state index contributed by atoms with van der Waals surface area (Å²) in [6, 6.07) is 13.3. The lowest BCUT2D eigenvalue weighted by Crippen LogP contribution is -2.48. The smallest absolute Gasteiger partial charge is 0.241 e. The normalized spacial score (nSPS) is 17.1. The highest BCUT2D eigenvalue weighted by Crippen LogP contribution is 2.29. The molecule has 2 aromatic carbocycles. The number of benzene rings is 2. The molecule has 2 aromatic rings. The van der Waals surface area contributed by atoms with Gasteiger partial charge >= 0.3 is 0 Å². The van der Waals surface area contributed by atoms with E-state index in [-0.39, 0.29) is 16.8 Å². The van der Waals surface area contributed by atoms with Crippen molar-refractivity contribution in [2.75, 3.05) is 19.1 Å². The van der Waals surface area contributed by atoms with Gasteiger partial charge in [-0.1, -0.05) is 24.3 Å². The Bertz CT molecular complexity index is 961. The van der Waals surface area contributed by atoms with Crippen LogP contribution in [0.5, 0.6) is 5.75 Å². The van der Waals surface area contributed by atoms with E-state index < -0.39 is 16.1 Å². The SMILES string of the molecule is COc1ccc(S(=O)(=O)N[C@@H](CCSC)C(=O)N[C@H]2CCCc3ccccc32)cc1. The minimum absolute atomic E-state index is 0.0929. The van der Waals surface area contributed by atoms with Crippen LogP contribution < -0.4 is 14.8 Å². The molecule has 0 saturated carbocycles. The van der Waals surface area contributed by atoms with E-state index >= 15 is 0 Å². The number of fused-ring (bicyclic) bond motifs is 1. The Kier molecular flexibility index (Phi) is 7.80. The van der Waals surface area contributed by atoms with Gasteiger partial charge in [-0.15, -0.1) is 0 Å². The maximum absolute atomic E-state index is 13.1. The van der Waals surface area contributed by atoms with Crippen LogP contribution >= 0.6 is 11.8 Å². The monoisotopic (exact) mass is 448 g/mol. The van der Waals surface area contributed by atoms with Crippen LogP contribution in [0.25, 0.3) is 0 Å². The number of hydrogen-bond acceptors (Lipinski definition) is 5. The van der Waals surface area contributed by atoms with Gasteiger partial charge in [0.2, 0.25) is 15.9 Å². The zero-order valence-corrected chi connectivity index (χ0v) is 18.9. The van der Waals surface area contributed by atoms with E-state index in [1.807, 2.05) is 24.5 Å². The predicted molar refractivity (Wildman–Crippen MR) is 120 cm³/mol. The molecule has 3 rings (SSSR count). The van der Waals surface area contributed by atoms with Gasteiger partial charge < -0.3 is 10.1 Å². The van der Waals surface area contributed by atoms with Crippen LogP contribution in [0.4, 0.5) is 0 Å². The van der Waals surface area contributed by atoms with E-state index in [4.69, 9.17) is 4.74 Å². The van der Waals surface area contributed by atoms with Gasteiger partial charge in [-0.3, -0.25) is 4.79 Å². The van der Waals surface area contributed by atoms with Crippen molar-refractivity contribution >= 4 is 27.7 Å². The molecule has 0 heterocycles. The van der Waals surface area contributed by atoms with E-state index in [0.717, 1.165) is 24.8 Å². The number of thioether (sulfide) groups is 1. The second kappa shape index (κ2) is 10.3. The largest absolute Gasteiger partial charge is 0.497 e. The van der Waals surface area contributed by atoms with E-state index in [0.29, 0.717) is 17.9 Å². The maximum Gasteiger partial charge on any atom is 0.241 e. The fourth-order valence-corrected chi connectivity index (χ4v) is 5.37. The van der Waals surface area contributed by atoms with Crippen LogP contribution in [0.2, 0.25) is 0 Å². The molecule has 30 heavy (non-hydrogen) atoms. The highest BCUT2D eigenvalue weighted by molar-refractivity contribution is 7.98. The number of sulfonamides is 1. The quantitative estimate of drug-likeness (QED) is 0.615. The predicted octanol–water partition coefficient (Wildman–Crippen LogP) is 3.29. The lowest BCUT2D eigenvalue weighted by molar-refractivity contribution is -0.123. The summed E-state index contributed by atoms with van der Waals surface area (Å²) in [7, 11) is -2.32. The first-order valence-corrected chi connectivity index (χ1v) is 12.9. The first-order valence-electron chi connectivity index (χ1n) is 9.98. The molecule has 1 aliphatic rings. The summed E-state index contributed by atoms with van der Waals surface area (Å²) in [6.45, 7) is 0. The summed E-state index contributed by atoms with van der Waals surface area (Å²) in [5.74, 6) is 0.953. The highest BCUT2D eigenvalue weighted by atomic mass is 32.2. The zero-order valence-electron chi connectivity index (χ0n) is 17.3. The lowest BCUT2D eigenvalue weighted by atomic mass is 9.87. The summed E-state index contributed by atoms with van der Waals surface area (Å²) < 4.78 is 33.4. The van der Waals surface area contributed by atoms with Crippen LogP contribution in [-0.4, -0.2) is 39.5 Å². The standard InChI is InChI=1S/C22H28N2O4S2/c1-28-17-10-12-18(13-11-17)30(26,27)24-21(14-15-29-2)22(25)23-20-9-5-7-16-6-3-4-8-19(16)20/h3-4,6,8,10-13,20-21,24H,5,7,9,14-15H2,1-2H3,(H,23,25)/t20-,21-/m0/s1. The van der Waals surface area contributed by atoms with Crippen molar-refractivity contribution in [1.82, 2.24) is 10.0 Å². The Morgan fingerprint density at radius 3 is 2.63 bits per heavy atom. The van der Waals surface area contributed by atoms with E-state index in [2.05, 4.69) is 16.1 Å². The van der Waals surface area contributed by atoms with Gasteiger partial charge in [0.05, 0.1) is 18.0 Å². The number of rotatable bonds is 9. The van der Waals surface area contributed by atoms with Crippen molar-refractivity contribution < 1.29 is 17.9 Å². The Labute approximate surface area is 182 Å². The average molecular weight is 449 g/mol. The molecule has 0 saturated heterocycles. The first-order chi connectivity index (χ1) is 14.4. The van der Waals surface area contributed by atoms with Crippen molar-refractivity contribution in [1.29, 1.82) is 0 Å². The van der Waals surface area contributed by atoms with Gasteiger partial charge in [0.1, 0.15) is 11.8 Å². The van der Waals surface area contributed by atoms with Crippen molar-refractivity contribution in [3.8, 4) is 5.75 Å². The van der Waals surface area contributed by atoms with E-state index in [1.165, 1.54) is 24.8 Å². The number of ether oxygens (including phenoxy) is 1. The minimum atomic E-state index is -3.84. The van der Waals surface area contributed by atoms with Crippen LogP contribution in [0.15, 0.2) is 53.4 Å². The molecule has 2 atom stereocenters. The Morgan fingerprint density at radius 1 is 1.20 bits per heavy atom. The molecule has 2 N–H and O–H groups in total. The van der Waals surface area contributed by atoms with Gasteiger partial charge in [-0.05, 0) is 73.1 Å². The van der Waals surface area contributed by atoms with Gasteiger partial charge in [0, 0.05) is 0 Å². The lowest BCUT2D eigenvalue weighted by Gasteiger charge is -2.28. The van der Waals surface area contributed by atoms with Crippen LogP contribution in [0, 0.1) is 0 Å².